The molecule has 3 heteroatoms. The number of hydrogen-bond acceptors (Lipinski definition) is 2. The van der Waals surface area contributed by atoms with Crippen molar-refractivity contribution in [2.75, 3.05) is 13.1 Å². The van der Waals surface area contributed by atoms with Crippen LogP contribution in [0.5, 0.6) is 0 Å². The lowest BCUT2D eigenvalue weighted by molar-refractivity contribution is -0.134. The molecule has 1 unspecified atom stereocenters. The second kappa shape index (κ2) is 4.07. The Hall–Kier alpha value is -1.35. The number of fused-ring (bicyclic) bond motifs is 1. The van der Waals surface area contributed by atoms with Gasteiger partial charge in [-0.25, -0.2) is 0 Å². The van der Waals surface area contributed by atoms with Gasteiger partial charge in [0.15, 0.2) is 0 Å². The molecule has 19 heavy (non-hydrogen) atoms. The predicted octanol–water partition coefficient (Wildman–Crippen LogP) is 1.51. The topological polar surface area (TPSA) is 32.3 Å². The lowest BCUT2D eigenvalue weighted by atomic mass is 9.96. The lowest BCUT2D eigenvalue weighted by Crippen LogP contribution is -2.49. The van der Waals surface area contributed by atoms with Gasteiger partial charge in [0, 0.05) is 12.6 Å². The molecule has 1 aromatic carbocycles. The van der Waals surface area contributed by atoms with E-state index in [4.69, 9.17) is 0 Å². The highest BCUT2D eigenvalue weighted by atomic mass is 16.2. The summed E-state index contributed by atoms with van der Waals surface area (Å²) in [7, 11) is 0. The van der Waals surface area contributed by atoms with Crippen LogP contribution in [0.15, 0.2) is 24.3 Å². The number of rotatable bonds is 1. The Balaban J connectivity index is 1.55. The summed E-state index contributed by atoms with van der Waals surface area (Å²) >= 11 is 0. The van der Waals surface area contributed by atoms with E-state index in [9.17, 15) is 4.79 Å². The summed E-state index contributed by atoms with van der Waals surface area (Å²) < 4.78 is 0. The van der Waals surface area contributed by atoms with Crippen molar-refractivity contribution in [1.82, 2.24) is 10.2 Å². The van der Waals surface area contributed by atoms with Gasteiger partial charge in [0.2, 0.25) is 5.91 Å². The molecule has 2 aliphatic heterocycles. The minimum atomic E-state index is -0.200. The van der Waals surface area contributed by atoms with Crippen LogP contribution in [0.3, 0.4) is 0 Å². The first-order valence-corrected chi connectivity index (χ1v) is 7.41. The molecule has 1 N–H and O–H groups in total. The Morgan fingerprint density at radius 3 is 2.53 bits per heavy atom. The van der Waals surface area contributed by atoms with Crippen LogP contribution in [0.2, 0.25) is 0 Å². The SMILES string of the molecule is O=C1N(C2Cc3ccccc3C2)CCC12CCCN2. The number of nitrogens with zero attached hydrogens (tertiary/aromatic N) is 1. The van der Waals surface area contributed by atoms with Gasteiger partial charge in [0.1, 0.15) is 0 Å². The quantitative estimate of drug-likeness (QED) is 0.826. The van der Waals surface area contributed by atoms with Crippen molar-refractivity contribution >= 4 is 5.91 Å². The van der Waals surface area contributed by atoms with Crippen LogP contribution in [0.1, 0.15) is 30.4 Å². The molecule has 1 spiro atoms. The third-order valence-electron chi connectivity index (χ3n) is 5.16. The molecule has 4 rings (SSSR count). The van der Waals surface area contributed by atoms with Gasteiger partial charge in [-0.3, -0.25) is 4.79 Å². The Morgan fingerprint density at radius 1 is 1.16 bits per heavy atom. The molecular weight excluding hydrogens is 236 g/mol. The minimum Gasteiger partial charge on any atom is -0.337 e. The van der Waals surface area contributed by atoms with Crippen molar-refractivity contribution in [3.05, 3.63) is 35.4 Å². The highest BCUT2D eigenvalue weighted by Gasteiger charge is 2.50. The van der Waals surface area contributed by atoms with Gasteiger partial charge >= 0.3 is 0 Å². The first kappa shape index (κ1) is 11.5. The first-order valence-electron chi connectivity index (χ1n) is 7.41. The summed E-state index contributed by atoms with van der Waals surface area (Å²) in [5.74, 6) is 0.364. The van der Waals surface area contributed by atoms with E-state index in [1.54, 1.807) is 0 Å². The molecule has 3 nitrogen and oxygen atoms in total. The Morgan fingerprint density at radius 2 is 1.89 bits per heavy atom. The Kier molecular flexibility index (Phi) is 2.46. The van der Waals surface area contributed by atoms with Crippen LogP contribution >= 0.6 is 0 Å². The molecule has 1 atom stereocenters. The summed E-state index contributed by atoms with van der Waals surface area (Å²) in [6, 6.07) is 9.02. The fourth-order valence-corrected chi connectivity index (χ4v) is 4.10. The molecule has 2 heterocycles. The van der Waals surface area contributed by atoms with Gasteiger partial charge in [0.05, 0.1) is 5.54 Å². The van der Waals surface area contributed by atoms with Crippen molar-refractivity contribution in [3.63, 3.8) is 0 Å². The highest BCUT2D eigenvalue weighted by Crippen LogP contribution is 2.35. The normalized spacial score (nSPS) is 30.5. The fourth-order valence-electron chi connectivity index (χ4n) is 4.10. The number of nitrogens with one attached hydrogen (secondary N) is 1. The average Bonchev–Trinajstić information content (AvgIpc) is 3.12. The van der Waals surface area contributed by atoms with E-state index in [1.165, 1.54) is 11.1 Å². The standard InChI is InChI=1S/C16H20N2O/c19-15-16(6-3-8-17-16)7-9-18(15)14-10-12-4-1-2-5-13(12)11-14/h1-2,4-5,14,17H,3,6-11H2. The molecule has 0 bridgehead atoms. The van der Waals surface area contributed by atoms with E-state index in [1.807, 2.05) is 0 Å². The molecular formula is C16H20N2O. The van der Waals surface area contributed by atoms with Crippen molar-refractivity contribution in [1.29, 1.82) is 0 Å². The molecule has 3 aliphatic rings. The number of hydrogen-bond donors (Lipinski definition) is 1. The smallest absolute Gasteiger partial charge is 0.243 e. The summed E-state index contributed by atoms with van der Waals surface area (Å²) in [4.78, 5) is 14.9. The van der Waals surface area contributed by atoms with Gasteiger partial charge in [-0.05, 0) is 49.8 Å². The van der Waals surface area contributed by atoms with E-state index in [2.05, 4.69) is 34.5 Å². The van der Waals surface area contributed by atoms with E-state index in [0.717, 1.165) is 45.2 Å². The van der Waals surface area contributed by atoms with Crippen LogP contribution in [0.25, 0.3) is 0 Å². The van der Waals surface area contributed by atoms with Crippen LogP contribution < -0.4 is 5.32 Å². The van der Waals surface area contributed by atoms with Gasteiger partial charge < -0.3 is 10.2 Å². The zero-order chi connectivity index (χ0) is 12.9. The Labute approximate surface area is 114 Å². The number of carbonyl (C=O) groups is 1. The number of benzene rings is 1. The molecule has 2 saturated heterocycles. The summed E-state index contributed by atoms with van der Waals surface area (Å²) in [5.41, 5.74) is 2.66. The summed E-state index contributed by atoms with van der Waals surface area (Å²) in [6.45, 7) is 1.94. The van der Waals surface area contributed by atoms with E-state index in [-0.39, 0.29) is 5.54 Å². The monoisotopic (exact) mass is 256 g/mol. The van der Waals surface area contributed by atoms with E-state index in [0.29, 0.717) is 11.9 Å². The second-order valence-corrected chi connectivity index (χ2v) is 6.19. The molecule has 1 aromatic rings. The van der Waals surface area contributed by atoms with E-state index >= 15 is 0 Å². The zero-order valence-corrected chi connectivity index (χ0v) is 11.2. The molecule has 0 radical (unpaired) electrons. The number of amides is 1. The minimum absolute atomic E-state index is 0.200. The first-order chi connectivity index (χ1) is 9.28. The van der Waals surface area contributed by atoms with Gasteiger partial charge in [-0.15, -0.1) is 0 Å². The second-order valence-electron chi connectivity index (χ2n) is 6.19. The van der Waals surface area contributed by atoms with Crippen LogP contribution in [-0.4, -0.2) is 35.5 Å². The zero-order valence-electron chi connectivity index (χ0n) is 11.2. The van der Waals surface area contributed by atoms with Crippen molar-refractivity contribution in [2.24, 2.45) is 0 Å². The summed E-state index contributed by atoms with van der Waals surface area (Å²) in [5, 5.41) is 3.47. The number of carbonyl (C=O) groups excluding carboxylic acids is 1. The van der Waals surface area contributed by atoms with Gasteiger partial charge in [-0.2, -0.15) is 0 Å². The lowest BCUT2D eigenvalue weighted by Gasteiger charge is -2.27. The van der Waals surface area contributed by atoms with Crippen molar-refractivity contribution in [3.8, 4) is 0 Å². The predicted molar refractivity (Wildman–Crippen MR) is 73.9 cm³/mol. The Bertz CT molecular complexity index is 494. The summed E-state index contributed by atoms with van der Waals surface area (Å²) in [6.07, 6.45) is 5.25. The van der Waals surface area contributed by atoms with E-state index < -0.39 is 0 Å². The van der Waals surface area contributed by atoms with Gasteiger partial charge in [0.25, 0.3) is 0 Å². The maximum atomic E-state index is 12.7. The van der Waals surface area contributed by atoms with Gasteiger partial charge in [-0.1, -0.05) is 24.3 Å². The molecule has 0 saturated carbocycles. The maximum absolute atomic E-state index is 12.7. The molecule has 1 amide bonds. The van der Waals surface area contributed by atoms with Crippen LogP contribution in [0.4, 0.5) is 0 Å². The molecule has 100 valence electrons. The average molecular weight is 256 g/mol. The fraction of sp³-hybridized carbons (Fsp3) is 0.562. The highest BCUT2D eigenvalue weighted by molar-refractivity contribution is 5.89. The molecule has 1 aliphatic carbocycles. The maximum Gasteiger partial charge on any atom is 0.243 e. The largest absolute Gasteiger partial charge is 0.337 e. The number of likely N-dealkylation sites (tertiary alicyclic amines) is 1. The van der Waals surface area contributed by atoms with Crippen LogP contribution in [0, 0.1) is 0 Å². The molecule has 2 fully saturated rings. The third kappa shape index (κ3) is 1.64. The molecule has 0 aromatic heterocycles. The third-order valence-corrected chi connectivity index (χ3v) is 5.16. The van der Waals surface area contributed by atoms with Crippen molar-refractivity contribution in [2.45, 2.75) is 43.7 Å². The van der Waals surface area contributed by atoms with Crippen molar-refractivity contribution < 1.29 is 4.79 Å². The van der Waals surface area contributed by atoms with Crippen LogP contribution in [-0.2, 0) is 17.6 Å².